The van der Waals surface area contributed by atoms with Crippen LogP contribution in [0.1, 0.15) is 19.4 Å². The van der Waals surface area contributed by atoms with E-state index in [1.54, 1.807) is 24.3 Å². The first kappa shape index (κ1) is 19.8. The average molecular weight is 391 g/mol. The molecular formula is C19H20F3N5O. The number of halogens is 3. The summed E-state index contributed by atoms with van der Waals surface area (Å²) in [6.07, 6.45) is -4.97. The lowest BCUT2D eigenvalue weighted by atomic mass is 10.1. The van der Waals surface area contributed by atoms with Gasteiger partial charge in [0, 0.05) is 16.9 Å². The Balaban J connectivity index is 1.81. The maximum Gasteiger partial charge on any atom is 0.416 e. The summed E-state index contributed by atoms with van der Waals surface area (Å²) in [6, 6.07) is 11.9. The van der Waals surface area contributed by atoms with E-state index >= 15 is 0 Å². The molecule has 28 heavy (non-hydrogen) atoms. The van der Waals surface area contributed by atoms with Crippen LogP contribution in [0.2, 0.25) is 0 Å². The van der Waals surface area contributed by atoms with Crippen LogP contribution in [0.25, 0.3) is 11.4 Å². The van der Waals surface area contributed by atoms with Gasteiger partial charge in [0.05, 0.1) is 18.2 Å². The molecule has 9 heteroatoms. The van der Waals surface area contributed by atoms with Gasteiger partial charge < -0.3 is 10.4 Å². The number of aromatic nitrogens is 4. The lowest BCUT2D eigenvalue weighted by Crippen LogP contribution is -2.23. The van der Waals surface area contributed by atoms with Gasteiger partial charge in [-0.3, -0.25) is 0 Å². The Hall–Kier alpha value is -2.94. The summed E-state index contributed by atoms with van der Waals surface area (Å²) in [5, 5.41) is 25.3. The van der Waals surface area contributed by atoms with Crippen molar-refractivity contribution in [3.05, 3.63) is 54.1 Å². The summed E-state index contributed by atoms with van der Waals surface area (Å²) < 4.78 is 38.1. The largest absolute Gasteiger partial charge is 0.416 e. The molecule has 3 aromatic rings. The Bertz CT molecular complexity index is 922. The fraction of sp³-hybridized carbons (Fsp3) is 0.316. The predicted molar refractivity (Wildman–Crippen MR) is 98.8 cm³/mol. The lowest BCUT2D eigenvalue weighted by molar-refractivity contribution is -0.137. The summed E-state index contributed by atoms with van der Waals surface area (Å²) in [7, 11) is 0. The second-order valence-electron chi connectivity index (χ2n) is 6.72. The number of alkyl halides is 3. The van der Waals surface area contributed by atoms with Gasteiger partial charge in [0.25, 0.3) is 0 Å². The van der Waals surface area contributed by atoms with E-state index in [9.17, 15) is 18.3 Å². The van der Waals surface area contributed by atoms with Crippen molar-refractivity contribution >= 4 is 11.4 Å². The molecule has 0 aliphatic carbocycles. The van der Waals surface area contributed by atoms with E-state index in [0.717, 1.165) is 12.1 Å². The van der Waals surface area contributed by atoms with Crippen LogP contribution in [0.15, 0.2) is 48.5 Å². The molecule has 6 nitrogen and oxygen atoms in total. The third-order valence-corrected chi connectivity index (χ3v) is 4.23. The van der Waals surface area contributed by atoms with Crippen molar-refractivity contribution in [2.24, 2.45) is 5.92 Å². The second-order valence-corrected chi connectivity index (χ2v) is 6.72. The van der Waals surface area contributed by atoms with Crippen LogP contribution in [0.4, 0.5) is 24.5 Å². The van der Waals surface area contributed by atoms with Crippen molar-refractivity contribution in [1.29, 1.82) is 0 Å². The molecule has 2 aromatic carbocycles. The summed E-state index contributed by atoms with van der Waals surface area (Å²) in [4.78, 5) is 1.33. The summed E-state index contributed by atoms with van der Waals surface area (Å²) >= 11 is 0. The van der Waals surface area contributed by atoms with E-state index in [1.807, 2.05) is 13.8 Å². The standard InChI is InChI=1S/C19H20F3N5O/c1-12(2)17(28)11-27-25-18(24-26-27)15-5-3-4-6-16(15)23-14-9-7-13(8-10-14)19(20,21)22/h3-10,12,17,23,28H,11H2,1-2H3. The van der Waals surface area contributed by atoms with Crippen molar-refractivity contribution < 1.29 is 18.3 Å². The normalized spacial score (nSPS) is 13.0. The van der Waals surface area contributed by atoms with E-state index in [1.165, 1.54) is 16.9 Å². The molecule has 1 aromatic heterocycles. The van der Waals surface area contributed by atoms with Crippen LogP contribution >= 0.6 is 0 Å². The first-order chi connectivity index (χ1) is 13.2. The smallest absolute Gasteiger partial charge is 0.391 e. The van der Waals surface area contributed by atoms with E-state index in [0.29, 0.717) is 22.8 Å². The van der Waals surface area contributed by atoms with Crippen LogP contribution < -0.4 is 5.32 Å². The molecule has 0 amide bonds. The fourth-order valence-corrected chi connectivity index (χ4v) is 2.49. The number of hydrogen-bond donors (Lipinski definition) is 2. The molecule has 148 valence electrons. The zero-order chi connectivity index (χ0) is 20.3. The SMILES string of the molecule is CC(C)C(O)Cn1nnc(-c2ccccc2Nc2ccc(C(F)(F)F)cc2)n1. The topological polar surface area (TPSA) is 75.9 Å². The van der Waals surface area contributed by atoms with Gasteiger partial charge in [0.2, 0.25) is 5.82 Å². The fourth-order valence-electron chi connectivity index (χ4n) is 2.49. The lowest BCUT2D eigenvalue weighted by Gasteiger charge is -2.12. The average Bonchev–Trinajstić information content (AvgIpc) is 3.10. The molecule has 0 saturated heterocycles. The minimum atomic E-state index is -4.38. The van der Waals surface area contributed by atoms with Gasteiger partial charge in [-0.2, -0.15) is 18.0 Å². The van der Waals surface area contributed by atoms with E-state index in [2.05, 4.69) is 20.7 Å². The highest BCUT2D eigenvalue weighted by atomic mass is 19.4. The predicted octanol–water partition coefficient (Wildman–Crippen LogP) is 4.12. The molecule has 0 spiro atoms. The van der Waals surface area contributed by atoms with E-state index in [-0.39, 0.29) is 12.5 Å². The maximum absolute atomic E-state index is 12.7. The molecule has 0 saturated carbocycles. The summed E-state index contributed by atoms with van der Waals surface area (Å²) in [6.45, 7) is 4.01. The van der Waals surface area contributed by atoms with Gasteiger partial charge in [0.15, 0.2) is 0 Å². The van der Waals surface area contributed by atoms with Crippen molar-refractivity contribution in [2.45, 2.75) is 32.7 Å². The third kappa shape index (κ3) is 4.66. The van der Waals surface area contributed by atoms with Crippen LogP contribution in [0.5, 0.6) is 0 Å². The highest BCUT2D eigenvalue weighted by Crippen LogP contribution is 2.32. The van der Waals surface area contributed by atoms with Gasteiger partial charge in [-0.15, -0.1) is 10.2 Å². The van der Waals surface area contributed by atoms with Gasteiger partial charge >= 0.3 is 6.18 Å². The third-order valence-electron chi connectivity index (χ3n) is 4.23. The molecule has 0 fully saturated rings. The zero-order valence-electron chi connectivity index (χ0n) is 15.4. The van der Waals surface area contributed by atoms with Crippen LogP contribution in [-0.4, -0.2) is 31.4 Å². The Labute approximate surface area is 160 Å². The highest BCUT2D eigenvalue weighted by Gasteiger charge is 2.30. The monoisotopic (exact) mass is 391 g/mol. The zero-order valence-corrected chi connectivity index (χ0v) is 15.4. The summed E-state index contributed by atoms with van der Waals surface area (Å²) in [5.74, 6) is 0.411. The number of aliphatic hydroxyl groups excluding tert-OH is 1. The molecule has 0 aliphatic rings. The number of tetrazole rings is 1. The molecular weight excluding hydrogens is 371 g/mol. The van der Waals surface area contributed by atoms with Crippen molar-refractivity contribution in [2.75, 3.05) is 5.32 Å². The molecule has 0 bridgehead atoms. The van der Waals surface area contributed by atoms with Crippen molar-refractivity contribution in [3.8, 4) is 11.4 Å². The van der Waals surface area contributed by atoms with Gasteiger partial charge in [-0.25, -0.2) is 0 Å². The number of hydrogen-bond acceptors (Lipinski definition) is 5. The number of para-hydroxylation sites is 1. The maximum atomic E-state index is 12.7. The Morgan fingerprint density at radius 2 is 1.75 bits per heavy atom. The van der Waals surface area contributed by atoms with Crippen LogP contribution in [-0.2, 0) is 12.7 Å². The molecule has 3 rings (SSSR count). The van der Waals surface area contributed by atoms with Gasteiger partial charge in [-0.1, -0.05) is 26.0 Å². The molecule has 1 atom stereocenters. The first-order valence-corrected chi connectivity index (χ1v) is 8.73. The van der Waals surface area contributed by atoms with Crippen molar-refractivity contribution in [1.82, 2.24) is 20.2 Å². The summed E-state index contributed by atoms with van der Waals surface area (Å²) in [5.41, 5.74) is 1.07. The number of benzene rings is 2. The second kappa shape index (κ2) is 7.97. The number of aliphatic hydroxyl groups is 1. The Kier molecular flexibility index (Phi) is 5.64. The van der Waals surface area contributed by atoms with Gasteiger partial charge in [-0.05, 0) is 47.5 Å². The number of rotatable bonds is 6. The number of nitrogens with zero attached hydrogens (tertiary/aromatic N) is 4. The van der Waals surface area contributed by atoms with Crippen molar-refractivity contribution in [3.63, 3.8) is 0 Å². The van der Waals surface area contributed by atoms with E-state index < -0.39 is 17.8 Å². The minimum absolute atomic E-state index is 0.0584. The highest BCUT2D eigenvalue weighted by molar-refractivity contribution is 5.77. The first-order valence-electron chi connectivity index (χ1n) is 8.73. The Morgan fingerprint density at radius 3 is 2.39 bits per heavy atom. The van der Waals surface area contributed by atoms with Crippen LogP contribution in [0, 0.1) is 5.92 Å². The minimum Gasteiger partial charge on any atom is -0.391 e. The number of anilines is 2. The molecule has 1 unspecified atom stereocenters. The quantitative estimate of drug-likeness (QED) is 0.661. The van der Waals surface area contributed by atoms with Crippen LogP contribution in [0.3, 0.4) is 0 Å². The Morgan fingerprint density at radius 1 is 1.07 bits per heavy atom. The number of nitrogens with one attached hydrogen (secondary N) is 1. The molecule has 0 aliphatic heterocycles. The molecule has 2 N–H and O–H groups in total. The molecule has 0 radical (unpaired) electrons. The van der Waals surface area contributed by atoms with E-state index in [4.69, 9.17) is 0 Å². The molecule has 1 heterocycles. The van der Waals surface area contributed by atoms with Gasteiger partial charge in [0.1, 0.15) is 0 Å².